The van der Waals surface area contributed by atoms with Crippen molar-refractivity contribution in [2.75, 3.05) is 5.32 Å². The van der Waals surface area contributed by atoms with Crippen molar-refractivity contribution < 1.29 is 9.59 Å². The maximum atomic E-state index is 12.4. The number of anilines is 1. The minimum Gasteiger partial charge on any atom is -0.326 e. The molecule has 1 aliphatic rings. The lowest BCUT2D eigenvalue weighted by molar-refractivity contribution is -0.115. The number of amides is 1. The highest BCUT2D eigenvalue weighted by molar-refractivity contribution is 7.13. The van der Waals surface area contributed by atoms with Crippen LogP contribution in [-0.4, -0.2) is 11.7 Å². The van der Waals surface area contributed by atoms with E-state index in [1.54, 1.807) is 18.2 Å². The number of thiophene rings is 1. The Morgan fingerprint density at radius 2 is 2.21 bits per heavy atom. The minimum atomic E-state index is -0.0924. The summed E-state index contributed by atoms with van der Waals surface area (Å²) < 4.78 is 0. The number of rotatable bonds is 2. The van der Waals surface area contributed by atoms with Crippen LogP contribution in [0, 0.1) is 6.92 Å². The molecule has 1 aliphatic heterocycles. The van der Waals surface area contributed by atoms with Gasteiger partial charge < -0.3 is 5.32 Å². The molecule has 5 heteroatoms. The highest BCUT2D eigenvalue weighted by atomic mass is 35.5. The van der Waals surface area contributed by atoms with Crippen LogP contribution in [0.5, 0.6) is 0 Å². The number of ketones is 1. The number of benzene rings is 1. The second kappa shape index (κ2) is 4.47. The zero-order chi connectivity index (χ0) is 13.6. The number of aryl methyl sites for hydroxylation is 1. The molecule has 0 spiro atoms. The first-order valence-corrected chi connectivity index (χ1v) is 7.03. The quantitative estimate of drug-likeness (QED) is 0.862. The molecule has 0 saturated carbocycles. The van der Waals surface area contributed by atoms with E-state index in [-0.39, 0.29) is 11.7 Å². The molecule has 0 saturated heterocycles. The molecular weight excluding hydrogens is 282 g/mol. The van der Waals surface area contributed by atoms with Crippen LogP contribution < -0.4 is 5.32 Å². The van der Waals surface area contributed by atoms with Crippen LogP contribution in [0.4, 0.5) is 5.69 Å². The largest absolute Gasteiger partial charge is 0.326 e. The van der Waals surface area contributed by atoms with Gasteiger partial charge in [0.25, 0.3) is 0 Å². The molecule has 0 aliphatic carbocycles. The van der Waals surface area contributed by atoms with Gasteiger partial charge in [0, 0.05) is 11.3 Å². The zero-order valence-corrected chi connectivity index (χ0v) is 11.7. The van der Waals surface area contributed by atoms with Crippen LogP contribution in [0.3, 0.4) is 0 Å². The fraction of sp³-hybridized carbons (Fsp3) is 0.143. The van der Waals surface area contributed by atoms with Crippen LogP contribution in [-0.2, 0) is 11.2 Å². The molecule has 0 radical (unpaired) electrons. The molecule has 2 heterocycles. The van der Waals surface area contributed by atoms with Gasteiger partial charge >= 0.3 is 0 Å². The van der Waals surface area contributed by atoms with Gasteiger partial charge in [-0.2, -0.15) is 0 Å². The number of carbonyl (C=O) groups excluding carboxylic acids is 2. The van der Waals surface area contributed by atoms with Crippen molar-refractivity contribution in [3.05, 3.63) is 50.2 Å². The van der Waals surface area contributed by atoms with E-state index in [1.165, 1.54) is 11.3 Å². The van der Waals surface area contributed by atoms with Crippen molar-refractivity contribution in [1.82, 2.24) is 0 Å². The van der Waals surface area contributed by atoms with Crippen molar-refractivity contribution in [2.45, 2.75) is 13.3 Å². The maximum absolute atomic E-state index is 12.4. The summed E-state index contributed by atoms with van der Waals surface area (Å²) in [5, 5.41) is 5.13. The Balaban J connectivity index is 2.00. The van der Waals surface area contributed by atoms with Gasteiger partial charge in [-0.3, -0.25) is 9.59 Å². The topological polar surface area (TPSA) is 46.2 Å². The molecule has 0 atom stereocenters. The number of halogens is 1. The Labute approximate surface area is 119 Å². The Kier molecular flexibility index (Phi) is 2.92. The summed E-state index contributed by atoms with van der Waals surface area (Å²) in [6, 6.07) is 5.25. The Morgan fingerprint density at radius 1 is 1.42 bits per heavy atom. The molecule has 2 aromatic rings. The number of fused-ring (bicyclic) bond motifs is 1. The van der Waals surface area contributed by atoms with Crippen LogP contribution in [0.2, 0.25) is 5.02 Å². The zero-order valence-electron chi connectivity index (χ0n) is 10.1. The lowest BCUT2D eigenvalue weighted by Crippen LogP contribution is -2.03. The third-order valence-electron chi connectivity index (χ3n) is 3.10. The molecule has 1 aromatic heterocycles. The second-order valence-electron chi connectivity index (χ2n) is 4.49. The summed E-state index contributed by atoms with van der Waals surface area (Å²) in [5.74, 6) is -0.130. The van der Waals surface area contributed by atoms with E-state index >= 15 is 0 Å². The fourth-order valence-corrected chi connectivity index (χ4v) is 3.33. The molecule has 96 valence electrons. The summed E-state index contributed by atoms with van der Waals surface area (Å²) in [4.78, 5) is 24.2. The van der Waals surface area contributed by atoms with Crippen LogP contribution in [0.15, 0.2) is 23.6 Å². The number of hydrogen-bond donors (Lipinski definition) is 1. The van der Waals surface area contributed by atoms with E-state index < -0.39 is 0 Å². The summed E-state index contributed by atoms with van der Waals surface area (Å²) in [5.41, 5.74) is 3.13. The van der Waals surface area contributed by atoms with Crippen molar-refractivity contribution >= 4 is 40.3 Å². The fourth-order valence-electron chi connectivity index (χ4n) is 2.08. The molecule has 3 nitrogen and oxygen atoms in total. The standard InChI is InChI=1S/C14H10ClNO2S/c1-7-6-19-14(12(7)15)13(18)8-2-3-10-9(4-8)5-11(17)16-10/h2-4,6H,5H2,1H3,(H,16,17). The predicted octanol–water partition coefficient (Wildman–Crippen LogP) is 3.44. The van der Waals surface area contributed by atoms with Gasteiger partial charge in [-0.05, 0) is 41.6 Å². The highest BCUT2D eigenvalue weighted by Crippen LogP contribution is 2.31. The molecule has 1 N–H and O–H groups in total. The Hall–Kier alpha value is -1.65. The Morgan fingerprint density at radius 3 is 2.89 bits per heavy atom. The van der Waals surface area contributed by atoms with Crippen molar-refractivity contribution in [1.29, 1.82) is 0 Å². The number of carbonyl (C=O) groups is 2. The first-order chi connectivity index (χ1) is 9.06. The average molecular weight is 292 g/mol. The van der Waals surface area contributed by atoms with E-state index in [0.717, 1.165) is 16.8 Å². The minimum absolute atomic E-state index is 0.0374. The van der Waals surface area contributed by atoms with Crippen LogP contribution >= 0.6 is 22.9 Å². The lowest BCUT2D eigenvalue weighted by Gasteiger charge is -2.03. The summed E-state index contributed by atoms with van der Waals surface area (Å²) in [6.07, 6.45) is 0.327. The van der Waals surface area contributed by atoms with Crippen molar-refractivity contribution in [3.63, 3.8) is 0 Å². The van der Waals surface area contributed by atoms with Gasteiger partial charge in [-0.1, -0.05) is 11.6 Å². The van der Waals surface area contributed by atoms with Gasteiger partial charge in [0.2, 0.25) is 11.7 Å². The summed E-state index contributed by atoms with van der Waals surface area (Å²) in [7, 11) is 0. The van der Waals surface area contributed by atoms with Gasteiger partial charge in [-0.25, -0.2) is 0 Å². The van der Waals surface area contributed by atoms with E-state index in [2.05, 4.69) is 5.32 Å². The molecular formula is C14H10ClNO2S. The first-order valence-electron chi connectivity index (χ1n) is 5.77. The van der Waals surface area contributed by atoms with Gasteiger partial charge in [0.05, 0.1) is 16.3 Å². The molecule has 1 aromatic carbocycles. The van der Waals surface area contributed by atoms with Crippen LogP contribution in [0.25, 0.3) is 0 Å². The first kappa shape index (κ1) is 12.4. The maximum Gasteiger partial charge on any atom is 0.228 e. The monoisotopic (exact) mass is 291 g/mol. The number of nitrogens with one attached hydrogen (secondary N) is 1. The highest BCUT2D eigenvalue weighted by Gasteiger charge is 2.21. The third-order valence-corrected chi connectivity index (χ3v) is 4.79. The lowest BCUT2D eigenvalue weighted by atomic mass is 10.0. The molecule has 0 fully saturated rings. The second-order valence-corrected chi connectivity index (χ2v) is 5.75. The van der Waals surface area contributed by atoms with Crippen LogP contribution in [0.1, 0.15) is 26.4 Å². The summed E-state index contributed by atoms with van der Waals surface area (Å²) >= 11 is 7.47. The number of hydrogen-bond acceptors (Lipinski definition) is 3. The SMILES string of the molecule is Cc1csc(C(=O)c2ccc3c(c2)CC(=O)N3)c1Cl. The van der Waals surface area contributed by atoms with Gasteiger partial charge in [0.15, 0.2) is 0 Å². The van der Waals surface area contributed by atoms with E-state index in [4.69, 9.17) is 11.6 Å². The van der Waals surface area contributed by atoms with E-state index in [0.29, 0.717) is 21.9 Å². The summed E-state index contributed by atoms with van der Waals surface area (Å²) in [6.45, 7) is 1.88. The van der Waals surface area contributed by atoms with Crippen molar-refractivity contribution in [3.8, 4) is 0 Å². The van der Waals surface area contributed by atoms with Crippen molar-refractivity contribution in [2.24, 2.45) is 0 Å². The third kappa shape index (κ3) is 2.07. The predicted molar refractivity (Wildman–Crippen MR) is 76.3 cm³/mol. The molecule has 19 heavy (non-hydrogen) atoms. The smallest absolute Gasteiger partial charge is 0.228 e. The van der Waals surface area contributed by atoms with E-state index in [1.807, 2.05) is 12.3 Å². The van der Waals surface area contributed by atoms with Gasteiger partial charge in [0.1, 0.15) is 0 Å². The van der Waals surface area contributed by atoms with Gasteiger partial charge in [-0.15, -0.1) is 11.3 Å². The molecule has 0 unspecified atom stereocenters. The average Bonchev–Trinajstić information content (AvgIpc) is 2.91. The molecule has 0 bridgehead atoms. The Bertz CT molecular complexity index is 705. The molecule has 3 rings (SSSR count). The van der Waals surface area contributed by atoms with E-state index in [9.17, 15) is 9.59 Å². The molecule has 1 amide bonds. The normalized spacial score (nSPS) is 13.3.